The summed E-state index contributed by atoms with van der Waals surface area (Å²) in [5.74, 6) is -3.04. The normalized spacial score (nSPS) is 21.6. The van der Waals surface area contributed by atoms with Crippen LogP contribution in [-0.2, 0) is 9.47 Å². The van der Waals surface area contributed by atoms with Gasteiger partial charge < -0.3 is 65.2 Å². The molecule has 4 unspecified atom stereocenters. The molecule has 5 aliphatic rings. The molecule has 1 saturated carbocycles. The molecule has 6 heterocycles. The van der Waals surface area contributed by atoms with Crippen molar-refractivity contribution in [3.8, 4) is 45.3 Å². The molecular formula is C75H94F4IN11O8. The second-order valence-electron chi connectivity index (χ2n) is 26.2. The molecule has 0 radical (unpaired) electrons. The van der Waals surface area contributed by atoms with Gasteiger partial charge in [0.25, 0.3) is 5.91 Å². The number of nitrogens with one attached hydrogen (secondary N) is 4. The van der Waals surface area contributed by atoms with Crippen LogP contribution < -0.4 is 55.7 Å². The highest BCUT2D eigenvalue weighted by Crippen LogP contribution is 2.43. The molecule has 8 aromatic rings. The van der Waals surface area contributed by atoms with Crippen molar-refractivity contribution in [3.63, 3.8) is 0 Å². The zero-order valence-electron chi connectivity index (χ0n) is 58.3. The summed E-state index contributed by atoms with van der Waals surface area (Å²) >= 11 is 2.16. The van der Waals surface area contributed by atoms with E-state index in [4.69, 9.17) is 39.3 Å². The summed E-state index contributed by atoms with van der Waals surface area (Å²) in [4.78, 5) is 29.0. The number of anilines is 3. The molecular weight excluding hydrogens is 1390 g/mol. The van der Waals surface area contributed by atoms with E-state index in [0.29, 0.717) is 70.8 Å². The van der Waals surface area contributed by atoms with Gasteiger partial charge in [-0.15, -0.1) is 0 Å². The van der Waals surface area contributed by atoms with E-state index in [1.165, 1.54) is 72.7 Å². The smallest absolute Gasteiger partial charge is 0.256 e. The quantitative estimate of drug-likeness (QED) is 0.0478. The van der Waals surface area contributed by atoms with Crippen LogP contribution in [0.15, 0.2) is 97.1 Å². The first kappa shape index (κ1) is 74.0. The molecule has 4 saturated heterocycles. The fourth-order valence-corrected chi connectivity index (χ4v) is 14.9. The van der Waals surface area contributed by atoms with E-state index < -0.39 is 23.3 Å². The van der Waals surface area contributed by atoms with Crippen LogP contribution in [0.25, 0.3) is 44.1 Å². The van der Waals surface area contributed by atoms with Crippen molar-refractivity contribution in [2.24, 2.45) is 11.7 Å². The van der Waals surface area contributed by atoms with E-state index in [9.17, 15) is 18.4 Å². The molecule has 2 aromatic heterocycles. The Labute approximate surface area is 591 Å². The van der Waals surface area contributed by atoms with Gasteiger partial charge in [0.15, 0.2) is 64.5 Å². The summed E-state index contributed by atoms with van der Waals surface area (Å²) in [6.45, 7) is 16.0. The molecule has 8 atom stereocenters. The second kappa shape index (κ2) is 34.1. The number of halogens is 5. The van der Waals surface area contributed by atoms with Crippen LogP contribution in [0.3, 0.4) is 0 Å². The Morgan fingerprint density at radius 2 is 0.980 bits per heavy atom. The Morgan fingerprint density at radius 3 is 1.38 bits per heavy atom. The van der Waals surface area contributed by atoms with Crippen LogP contribution in [0, 0.1) is 32.9 Å². The van der Waals surface area contributed by atoms with Gasteiger partial charge in [-0.25, -0.2) is 26.9 Å². The Morgan fingerprint density at radius 1 is 0.566 bits per heavy atom. The lowest BCUT2D eigenvalue weighted by Crippen LogP contribution is -2.54. The van der Waals surface area contributed by atoms with Crippen LogP contribution in [0.4, 0.5) is 34.8 Å². The second-order valence-corrected chi connectivity index (χ2v) is 27.2. The molecule has 19 nitrogen and oxygen atoms in total. The number of ether oxygens (including phenoxy) is 6. The highest BCUT2D eigenvalue weighted by molar-refractivity contribution is 14.1. The number of fused-ring (bicyclic) bond motifs is 2. The monoisotopic (exact) mass is 1480 g/mol. The number of piperazine rings is 2. The molecule has 532 valence electrons. The highest BCUT2D eigenvalue weighted by Gasteiger charge is 2.30. The average Bonchev–Trinajstić information content (AvgIpc) is 1.71. The molecule has 4 aliphatic heterocycles. The number of hydrogen-bond donors (Lipinski definition) is 5. The number of primary amides is 1. The Kier molecular flexibility index (Phi) is 25.5. The molecule has 99 heavy (non-hydrogen) atoms. The molecule has 6 N–H and O–H groups in total. The standard InChI is InChI=1S/C33H37F2N5O4.C20H19F2IN2O3.C13H19N3O.C9H19N/c1-19-17-39(18-20(2)36-19)23-11-8-21(9-12-23)33(41)37-32-24-13-10-22(15-25(24)40(38-32)28-7-5-6-14-44-28)29-30(34)26(42-3)16-27(43-4)31(29)35;1-26-14-10-15(27-2)19(22)17(18(14)21)11-6-7-12-13(9-11)25(24-20(12)23)16-5-3-4-8-28-16;1-9-7-16(8-10(2)15-9)12-5-3-11(4-6-12)13(14)17;1-3-8-6-4-5-7-9(8)10-2/h8-13,15-16,19-20,28,36H,5-7,14,17-18H2,1-4H3,(H,37,38,41);6-7,9-10,16H,3-5,8H2,1-2H3;3-6,9-10,15H,7-8H2,1-2H3,(H2,14,17);8-10H,3-7H2,1-2H3/t19-,20+,28?;;9-,10+;. The first-order chi connectivity index (χ1) is 47.7. The molecule has 5 fully saturated rings. The number of nitrogens with zero attached hydrogens (tertiary/aromatic N) is 6. The highest BCUT2D eigenvalue weighted by atomic mass is 127. The predicted octanol–water partition coefficient (Wildman–Crippen LogP) is 14.6. The Hall–Kier alpha value is -7.75. The summed E-state index contributed by atoms with van der Waals surface area (Å²) < 4.78 is 97.3. The van der Waals surface area contributed by atoms with Gasteiger partial charge in [0.1, 0.15) is 3.70 Å². The maximum atomic E-state index is 15.4. The van der Waals surface area contributed by atoms with Gasteiger partial charge in [0.2, 0.25) is 5.91 Å². The zero-order valence-corrected chi connectivity index (χ0v) is 60.5. The van der Waals surface area contributed by atoms with Crippen LogP contribution in [0.1, 0.15) is 138 Å². The number of aromatic nitrogens is 4. The maximum absolute atomic E-state index is 15.4. The molecule has 0 bridgehead atoms. The zero-order chi connectivity index (χ0) is 70.6. The predicted molar refractivity (Wildman–Crippen MR) is 390 cm³/mol. The fraction of sp³-hybridized carbons (Fsp3) is 0.467. The number of amides is 2. The van der Waals surface area contributed by atoms with Crippen molar-refractivity contribution in [1.82, 2.24) is 35.5 Å². The molecule has 13 rings (SSSR count). The van der Waals surface area contributed by atoms with Gasteiger partial charge >= 0.3 is 0 Å². The van der Waals surface area contributed by atoms with Crippen molar-refractivity contribution in [1.29, 1.82) is 0 Å². The van der Waals surface area contributed by atoms with Crippen LogP contribution in [0.5, 0.6) is 23.0 Å². The van der Waals surface area contributed by atoms with Crippen LogP contribution in [-0.4, -0.2) is 136 Å². The first-order valence-corrected chi connectivity index (χ1v) is 35.5. The SMILES string of the molecule is CCC1CCCCC1NC.COc1cc(OC)c(F)c(-c2ccc3c(I)nn(C4CCCCO4)c3c2)c1F.COc1cc(OC)c(F)c(-c2ccc3c(NC(=O)c4ccc(N5C[C@@H](C)N[C@@H](C)C5)cc4)nn(C4CCCCO4)c3c2)c1F.C[C@@H]1CN(c2ccc(C(N)=O)cc2)C[C@H](C)N1. The minimum absolute atomic E-state index is 0.0768. The van der Waals surface area contributed by atoms with E-state index in [-0.39, 0.29) is 64.0 Å². The van der Waals surface area contributed by atoms with E-state index in [1.54, 1.807) is 47.1 Å². The Balaban J connectivity index is 0.000000163. The van der Waals surface area contributed by atoms with Crippen LogP contribution in [0.2, 0.25) is 0 Å². The number of benzene rings is 6. The number of carbonyl (C=O) groups is 2. The van der Waals surface area contributed by atoms with Crippen molar-refractivity contribution in [2.45, 2.75) is 148 Å². The molecule has 2 amide bonds. The Bertz CT molecular complexity index is 3970. The largest absolute Gasteiger partial charge is 0.494 e. The lowest BCUT2D eigenvalue weighted by atomic mass is 9.83. The molecule has 1 aliphatic carbocycles. The van der Waals surface area contributed by atoms with Crippen molar-refractivity contribution in [3.05, 3.63) is 135 Å². The summed E-state index contributed by atoms with van der Waals surface area (Å²) in [6.07, 6.45) is 12.1. The summed E-state index contributed by atoms with van der Waals surface area (Å²) in [6, 6.07) is 30.1. The number of carbonyl (C=O) groups excluding carboxylic acids is 2. The number of hydrogen-bond acceptors (Lipinski definition) is 15. The van der Waals surface area contributed by atoms with Gasteiger partial charge in [-0.2, -0.15) is 10.2 Å². The summed E-state index contributed by atoms with van der Waals surface area (Å²) in [7, 11) is 7.39. The van der Waals surface area contributed by atoms with E-state index in [1.807, 2.05) is 47.1 Å². The van der Waals surface area contributed by atoms with E-state index in [0.717, 1.165) is 103 Å². The van der Waals surface area contributed by atoms with Gasteiger partial charge in [-0.3, -0.25) is 9.59 Å². The summed E-state index contributed by atoms with van der Waals surface area (Å²) in [5.41, 5.74) is 10.0. The molecule has 24 heteroatoms. The third-order valence-electron chi connectivity index (χ3n) is 19.1. The third-order valence-corrected chi connectivity index (χ3v) is 19.9. The number of methoxy groups -OCH3 is 4. The summed E-state index contributed by atoms with van der Waals surface area (Å²) in [5, 5.41) is 24.3. The van der Waals surface area contributed by atoms with Crippen molar-refractivity contribution < 1.29 is 55.6 Å². The molecule has 6 aromatic carbocycles. The number of rotatable bonds is 15. The molecule has 0 spiro atoms. The third kappa shape index (κ3) is 17.4. The van der Waals surface area contributed by atoms with Crippen molar-refractivity contribution in [2.75, 3.05) is 90.0 Å². The van der Waals surface area contributed by atoms with Crippen LogP contribution >= 0.6 is 22.6 Å². The van der Waals surface area contributed by atoms with Gasteiger partial charge in [0.05, 0.1) is 50.6 Å². The van der Waals surface area contributed by atoms with E-state index >= 15 is 8.78 Å². The minimum atomic E-state index is -0.841. The topological polar surface area (TPSA) is 206 Å². The maximum Gasteiger partial charge on any atom is 0.256 e. The first-order valence-electron chi connectivity index (χ1n) is 34.4. The average molecular weight is 1480 g/mol. The lowest BCUT2D eigenvalue weighted by Gasteiger charge is -2.37. The van der Waals surface area contributed by atoms with Gasteiger partial charge in [0, 0.05) is 115 Å². The van der Waals surface area contributed by atoms with Gasteiger partial charge in [-0.1, -0.05) is 38.3 Å². The fourth-order valence-electron chi connectivity index (χ4n) is 14.2. The van der Waals surface area contributed by atoms with Gasteiger partial charge in [-0.05, 0) is 199 Å². The van der Waals surface area contributed by atoms with E-state index in [2.05, 4.69) is 100 Å². The van der Waals surface area contributed by atoms with Crippen molar-refractivity contribution >= 4 is 73.4 Å². The lowest BCUT2D eigenvalue weighted by molar-refractivity contribution is -0.0369. The minimum Gasteiger partial charge on any atom is -0.494 e. The number of nitrogens with two attached hydrogens (primary N) is 1.